The highest BCUT2D eigenvalue weighted by Gasteiger charge is 2.12. The van der Waals surface area contributed by atoms with Gasteiger partial charge in [0.25, 0.3) is 0 Å². The molecule has 0 fully saturated rings. The summed E-state index contributed by atoms with van der Waals surface area (Å²) in [7, 11) is -3.01. The molecule has 0 aromatic heterocycles. The number of hydrogen-bond donors (Lipinski definition) is 2. The van der Waals surface area contributed by atoms with Crippen molar-refractivity contribution in [3.63, 3.8) is 0 Å². The molecule has 1 aromatic carbocycles. The Balaban J connectivity index is 2.81. The summed E-state index contributed by atoms with van der Waals surface area (Å²) in [6, 6.07) is 5.19. The third-order valence-corrected chi connectivity index (χ3v) is 3.43. The molecule has 1 unspecified atom stereocenters. The van der Waals surface area contributed by atoms with Crippen molar-refractivity contribution in [1.29, 1.82) is 0 Å². The average molecular weight is 272 g/mol. The molecule has 1 rings (SSSR count). The maximum Gasteiger partial charge on any atom is 0.149 e. The van der Waals surface area contributed by atoms with Crippen molar-refractivity contribution in [2.75, 3.05) is 29.7 Å². The summed E-state index contributed by atoms with van der Waals surface area (Å²) in [5, 5.41) is 3.08. The van der Waals surface area contributed by atoms with Gasteiger partial charge in [0.2, 0.25) is 0 Å². The summed E-state index contributed by atoms with van der Waals surface area (Å²) in [4.78, 5) is 0. The molecule has 18 heavy (non-hydrogen) atoms. The predicted octanol–water partition coefficient (Wildman–Crippen LogP) is 1.51. The van der Waals surface area contributed by atoms with Gasteiger partial charge in [-0.05, 0) is 26.0 Å². The van der Waals surface area contributed by atoms with Gasteiger partial charge in [-0.25, -0.2) is 8.42 Å². The zero-order valence-electron chi connectivity index (χ0n) is 10.9. The van der Waals surface area contributed by atoms with Crippen molar-refractivity contribution in [3.8, 4) is 5.75 Å². The molecule has 0 bridgehead atoms. The summed E-state index contributed by atoms with van der Waals surface area (Å²) < 4.78 is 27.8. The lowest BCUT2D eigenvalue weighted by Gasteiger charge is -2.17. The standard InChI is InChI=1S/C12H20N2O3S/c1-4-17-11-7-5-6-10(12(11)13)14-9(2)8-18(3,15)16/h5-7,9,14H,4,8,13H2,1-3H3. The van der Waals surface area contributed by atoms with Gasteiger partial charge < -0.3 is 15.8 Å². The number of hydrogen-bond acceptors (Lipinski definition) is 5. The van der Waals surface area contributed by atoms with Gasteiger partial charge in [-0.2, -0.15) is 0 Å². The summed E-state index contributed by atoms with van der Waals surface area (Å²) >= 11 is 0. The molecule has 0 aliphatic carbocycles. The third-order valence-electron chi connectivity index (χ3n) is 2.32. The second-order valence-corrected chi connectivity index (χ2v) is 6.47. The topological polar surface area (TPSA) is 81.4 Å². The molecular formula is C12H20N2O3S. The van der Waals surface area contributed by atoms with Crippen LogP contribution in [0.1, 0.15) is 13.8 Å². The first kappa shape index (κ1) is 14.6. The summed E-state index contributed by atoms with van der Waals surface area (Å²) in [6.07, 6.45) is 1.21. The second kappa shape index (κ2) is 5.95. The van der Waals surface area contributed by atoms with Crippen LogP contribution in [0, 0.1) is 0 Å². The minimum atomic E-state index is -3.01. The second-order valence-electron chi connectivity index (χ2n) is 4.29. The zero-order chi connectivity index (χ0) is 13.8. The van der Waals surface area contributed by atoms with Crippen LogP contribution >= 0.6 is 0 Å². The summed E-state index contributed by atoms with van der Waals surface area (Å²) in [5.41, 5.74) is 7.14. The maximum atomic E-state index is 11.2. The Morgan fingerprint density at radius 1 is 1.44 bits per heavy atom. The first-order chi connectivity index (χ1) is 8.33. The van der Waals surface area contributed by atoms with E-state index < -0.39 is 9.84 Å². The van der Waals surface area contributed by atoms with Crippen LogP contribution in [0.15, 0.2) is 18.2 Å². The number of nitrogens with two attached hydrogens (primary N) is 1. The van der Waals surface area contributed by atoms with Crippen LogP contribution in [0.25, 0.3) is 0 Å². The Hall–Kier alpha value is -1.43. The fourth-order valence-corrected chi connectivity index (χ4v) is 2.70. The smallest absolute Gasteiger partial charge is 0.149 e. The minimum Gasteiger partial charge on any atom is -0.492 e. The Bertz CT molecular complexity index is 500. The SMILES string of the molecule is CCOc1cccc(NC(C)CS(C)(=O)=O)c1N. The van der Waals surface area contributed by atoms with E-state index in [-0.39, 0.29) is 11.8 Å². The van der Waals surface area contributed by atoms with E-state index in [1.165, 1.54) is 6.26 Å². The molecule has 5 nitrogen and oxygen atoms in total. The van der Waals surface area contributed by atoms with E-state index in [1.807, 2.05) is 13.0 Å². The van der Waals surface area contributed by atoms with Crippen LogP contribution < -0.4 is 15.8 Å². The highest BCUT2D eigenvalue weighted by Crippen LogP contribution is 2.29. The normalized spacial score (nSPS) is 13.1. The maximum absolute atomic E-state index is 11.2. The highest BCUT2D eigenvalue weighted by molar-refractivity contribution is 7.90. The van der Waals surface area contributed by atoms with E-state index >= 15 is 0 Å². The van der Waals surface area contributed by atoms with Crippen LogP contribution in [0.5, 0.6) is 5.75 Å². The van der Waals surface area contributed by atoms with Gasteiger partial charge in [0.05, 0.1) is 23.7 Å². The molecule has 6 heteroatoms. The quantitative estimate of drug-likeness (QED) is 0.767. The monoisotopic (exact) mass is 272 g/mol. The first-order valence-corrected chi connectivity index (χ1v) is 7.85. The van der Waals surface area contributed by atoms with E-state index in [0.717, 1.165) is 0 Å². The number of rotatable bonds is 6. The number of ether oxygens (including phenoxy) is 1. The van der Waals surface area contributed by atoms with Gasteiger partial charge in [-0.1, -0.05) is 6.07 Å². The van der Waals surface area contributed by atoms with Gasteiger partial charge in [-0.3, -0.25) is 0 Å². The number of para-hydroxylation sites is 1. The fraction of sp³-hybridized carbons (Fsp3) is 0.500. The molecule has 0 saturated heterocycles. The van der Waals surface area contributed by atoms with E-state index in [0.29, 0.717) is 23.7 Å². The summed E-state index contributed by atoms with van der Waals surface area (Å²) in [6.45, 7) is 4.21. The minimum absolute atomic E-state index is 0.0608. The molecule has 102 valence electrons. The molecule has 1 aromatic rings. The van der Waals surface area contributed by atoms with Crippen molar-refractivity contribution >= 4 is 21.2 Å². The van der Waals surface area contributed by atoms with Crippen molar-refractivity contribution in [2.45, 2.75) is 19.9 Å². The molecule has 0 saturated carbocycles. The van der Waals surface area contributed by atoms with E-state index in [2.05, 4.69) is 5.32 Å². The predicted molar refractivity (Wildman–Crippen MR) is 74.8 cm³/mol. The molecule has 1 atom stereocenters. The van der Waals surface area contributed by atoms with Crippen molar-refractivity contribution in [1.82, 2.24) is 0 Å². The van der Waals surface area contributed by atoms with Gasteiger partial charge >= 0.3 is 0 Å². The number of anilines is 2. The lowest BCUT2D eigenvalue weighted by atomic mass is 10.2. The molecule has 0 spiro atoms. The van der Waals surface area contributed by atoms with Crippen LogP contribution in [0.3, 0.4) is 0 Å². The Morgan fingerprint density at radius 3 is 2.67 bits per heavy atom. The Kier molecular flexibility index (Phi) is 4.84. The molecule has 3 N–H and O–H groups in total. The van der Waals surface area contributed by atoms with E-state index in [1.54, 1.807) is 19.1 Å². The van der Waals surface area contributed by atoms with Gasteiger partial charge in [0.1, 0.15) is 15.6 Å². The molecule has 0 radical (unpaired) electrons. The van der Waals surface area contributed by atoms with Crippen molar-refractivity contribution in [2.24, 2.45) is 0 Å². The fourth-order valence-electron chi connectivity index (χ4n) is 1.71. The zero-order valence-corrected chi connectivity index (χ0v) is 11.8. The van der Waals surface area contributed by atoms with E-state index in [4.69, 9.17) is 10.5 Å². The molecular weight excluding hydrogens is 252 g/mol. The Labute approximate surface area is 108 Å². The van der Waals surface area contributed by atoms with Crippen molar-refractivity contribution < 1.29 is 13.2 Å². The van der Waals surface area contributed by atoms with Crippen LogP contribution in [-0.4, -0.2) is 33.1 Å². The molecule has 0 heterocycles. The molecule has 0 aliphatic rings. The first-order valence-electron chi connectivity index (χ1n) is 5.79. The highest BCUT2D eigenvalue weighted by atomic mass is 32.2. The Morgan fingerprint density at radius 2 is 2.11 bits per heavy atom. The number of sulfone groups is 1. The van der Waals surface area contributed by atoms with E-state index in [9.17, 15) is 8.42 Å². The molecule has 0 aliphatic heterocycles. The largest absolute Gasteiger partial charge is 0.492 e. The number of benzene rings is 1. The lowest BCUT2D eigenvalue weighted by molar-refractivity contribution is 0.342. The summed E-state index contributed by atoms with van der Waals surface area (Å²) in [5.74, 6) is 0.666. The van der Waals surface area contributed by atoms with Gasteiger partial charge in [-0.15, -0.1) is 0 Å². The number of nitrogens with one attached hydrogen (secondary N) is 1. The third kappa shape index (κ3) is 4.44. The van der Waals surface area contributed by atoms with Crippen molar-refractivity contribution in [3.05, 3.63) is 18.2 Å². The van der Waals surface area contributed by atoms with Crippen LogP contribution in [0.4, 0.5) is 11.4 Å². The lowest BCUT2D eigenvalue weighted by Crippen LogP contribution is -2.25. The number of nitrogen functional groups attached to an aromatic ring is 1. The van der Waals surface area contributed by atoms with Crippen LogP contribution in [0.2, 0.25) is 0 Å². The van der Waals surface area contributed by atoms with Gasteiger partial charge in [0.15, 0.2) is 0 Å². The van der Waals surface area contributed by atoms with Crippen LogP contribution in [-0.2, 0) is 9.84 Å². The average Bonchev–Trinajstić information content (AvgIpc) is 2.21. The molecule has 0 amide bonds. The van der Waals surface area contributed by atoms with Gasteiger partial charge in [0, 0.05) is 12.3 Å².